The summed E-state index contributed by atoms with van der Waals surface area (Å²) in [6.07, 6.45) is -0.841. The molecule has 0 saturated heterocycles. The Morgan fingerprint density at radius 2 is 1.65 bits per heavy atom. The summed E-state index contributed by atoms with van der Waals surface area (Å²) in [7, 11) is 0. The van der Waals surface area contributed by atoms with Gasteiger partial charge in [0.15, 0.2) is 5.11 Å². The lowest BCUT2D eigenvalue weighted by Gasteiger charge is -2.27. The van der Waals surface area contributed by atoms with Gasteiger partial charge in [0.05, 0.1) is 6.42 Å². The van der Waals surface area contributed by atoms with Crippen molar-refractivity contribution in [2.24, 2.45) is 0 Å². The quantitative estimate of drug-likeness (QED) is 0.317. The first-order valence-electron chi connectivity index (χ1n) is 7.47. The van der Waals surface area contributed by atoms with Crippen LogP contribution in [0, 0.1) is 0 Å². The number of thiocarbonyl (C=S) groups is 1. The summed E-state index contributed by atoms with van der Waals surface area (Å²) in [6, 6.07) is 16.6. The molecule has 0 bridgehead atoms. The van der Waals surface area contributed by atoms with Crippen LogP contribution in [0.4, 0.5) is 5.69 Å². The Kier molecular flexibility index (Phi) is 7.98. The molecular weight excluding hydrogens is 481 g/mol. The van der Waals surface area contributed by atoms with Crippen LogP contribution in [0.1, 0.15) is 5.56 Å². The predicted molar refractivity (Wildman–Crippen MR) is 116 cm³/mol. The molecule has 4 nitrogen and oxygen atoms in total. The van der Waals surface area contributed by atoms with Crippen molar-refractivity contribution in [2.75, 3.05) is 5.32 Å². The topological polar surface area (TPSA) is 53.2 Å². The van der Waals surface area contributed by atoms with E-state index in [1.807, 2.05) is 54.6 Å². The van der Waals surface area contributed by atoms with Crippen molar-refractivity contribution < 1.29 is 4.79 Å². The first-order valence-corrected chi connectivity index (χ1v) is 9.80. The second-order valence-electron chi connectivity index (χ2n) is 5.31. The largest absolute Gasteiger partial charge is 0.339 e. The zero-order valence-electron chi connectivity index (χ0n) is 13.3. The number of amides is 1. The number of hydrogen-bond donors (Lipinski definition) is 3. The molecule has 26 heavy (non-hydrogen) atoms. The molecule has 0 aliphatic heterocycles. The molecule has 0 aliphatic rings. The molecule has 2 aromatic rings. The minimum absolute atomic E-state index is 0.159. The van der Waals surface area contributed by atoms with Gasteiger partial charge in [0.25, 0.3) is 0 Å². The first-order chi connectivity index (χ1) is 12.2. The highest BCUT2D eigenvalue weighted by molar-refractivity contribution is 9.10. The van der Waals surface area contributed by atoms with E-state index < -0.39 is 9.96 Å². The molecule has 3 N–H and O–H groups in total. The van der Waals surface area contributed by atoms with Gasteiger partial charge in [-0.25, -0.2) is 0 Å². The smallest absolute Gasteiger partial charge is 0.228 e. The molecule has 0 heterocycles. The molecule has 1 atom stereocenters. The van der Waals surface area contributed by atoms with Crippen LogP contribution in [-0.2, 0) is 11.2 Å². The van der Waals surface area contributed by atoms with Crippen LogP contribution in [0.2, 0.25) is 0 Å². The Morgan fingerprint density at radius 3 is 2.23 bits per heavy atom. The first kappa shape index (κ1) is 21.3. The molecule has 1 amide bonds. The third-order valence-corrected chi connectivity index (χ3v) is 4.62. The molecule has 0 unspecified atom stereocenters. The maximum Gasteiger partial charge on any atom is 0.228 e. The van der Waals surface area contributed by atoms with E-state index in [-0.39, 0.29) is 17.4 Å². The van der Waals surface area contributed by atoms with E-state index in [9.17, 15) is 4.79 Å². The zero-order chi connectivity index (χ0) is 19.2. The number of hydrogen-bond acceptors (Lipinski definition) is 2. The maximum absolute atomic E-state index is 12.3. The molecule has 0 aromatic heterocycles. The normalized spacial score (nSPS) is 12.2. The average molecular weight is 496 g/mol. The summed E-state index contributed by atoms with van der Waals surface area (Å²) in [6.45, 7) is 0. The molecule has 0 saturated carbocycles. The molecule has 0 radical (unpaired) electrons. The number of carbonyl (C=O) groups excluding carboxylic acids is 1. The number of rotatable bonds is 5. The van der Waals surface area contributed by atoms with Crippen molar-refractivity contribution in [3.63, 3.8) is 0 Å². The van der Waals surface area contributed by atoms with Gasteiger partial charge >= 0.3 is 0 Å². The highest BCUT2D eigenvalue weighted by Gasteiger charge is 2.34. The van der Waals surface area contributed by atoms with Gasteiger partial charge in [-0.3, -0.25) is 4.79 Å². The second-order valence-corrected chi connectivity index (χ2v) is 9.00. The highest BCUT2D eigenvalue weighted by atomic mass is 79.9. The molecule has 9 heteroatoms. The summed E-state index contributed by atoms with van der Waals surface area (Å²) in [5, 5.41) is 8.65. The van der Waals surface area contributed by atoms with Crippen LogP contribution in [-0.4, -0.2) is 21.0 Å². The lowest BCUT2D eigenvalue weighted by Crippen LogP contribution is -2.56. The monoisotopic (exact) mass is 493 g/mol. The fourth-order valence-electron chi connectivity index (χ4n) is 2.02. The van der Waals surface area contributed by atoms with Crippen LogP contribution < -0.4 is 16.0 Å². The van der Waals surface area contributed by atoms with Crippen molar-refractivity contribution in [3.05, 3.63) is 64.6 Å². The van der Waals surface area contributed by atoms with Crippen molar-refractivity contribution in [3.8, 4) is 0 Å². The molecule has 138 valence electrons. The van der Waals surface area contributed by atoms with Gasteiger partial charge in [-0.2, -0.15) is 0 Å². The van der Waals surface area contributed by atoms with Gasteiger partial charge < -0.3 is 16.0 Å². The summed E-state index contributed by atoms with van der Waals surface area (Å²) in [4.78, 5) is 12.3. The van der Waals surface area contributed by atoms with Crippen LogP contribution >= 0.6 is 63.0 Å². The predicted octanol–water partition coefficient (Wildman–Crippen LogP) is 4.79. The van der Waals surface area contributed by atoms with E-state index >= 15 is 0 Å². The molecule has 0 spiro atoms. The number of alkyl halides is 3. The Balaban J connectivity index is 1.97. The molecule has 0 fully saturated rings. The van der Waals surface area contributed by atoms with Crippen molar-refractivity contribution in [1.29, 1.82) is 0 Å². The Bertz CT molecular complexity index is 754. The van der Waals surface area contributed by atoms with E-state index in [0.717, 1.165) is 15.7 Å². The fraction of sp³-hybridized carbons (Fsp3) is 0.176. The van der Waals surface area contributed by atoms with E-state index in [2.05, 4.69) is 31.9 Å². The van der Waals surface area contributed by atoms with E-state index in [1.165, 1.54) is 0 Å². The van der Waals surface area contributed by atoms with Crippen molar-refractivity contribution in [2.45, 2.75) is 16.4 Å². The van der Waals surface area contributed by atoms with Gasteiger partial charge in [-0.05, 0) is 42.0 Å². The third-order valence-electron chi connectivity index (χ3n) is 3.22. The van der Waals surface area contributed by atoms with Crippen molar-refractivity contribution >= 4 is 79.7 Å². The van der Waals surface area contributed by atoms with E-state index in [1.54, 1.807) is 0 Å². The van der Waals surface area contributed by atoms with Crippen LogP contribution in [0.15, 0.2) is 59.1 Å². The van der Waals surface area contributed by atoms with Gasteiger partial charge in [-0.15, -0.1) is 0 Å². The summed E-state index contributed by atoms with van der Waals surface area (Å²) in [5.41, 5.74) is 1.60. The van der Waals surface area contributed by atoms with Crippen molar-refractivity contribution in [1.82, 2.24) is 10.6 Å². The lowest BCUT2D eigenvalue weighted by molar-refractivity contribution is -0.121. The van der Waals surface area contributed by atoms with E-state index in [0.29, 0.717) is 0 Å². The van der Waals surface area contributed by atoms with Gasteiger partial charge in [-0.1, -0.05) is 81.1 Å². The Hall–Kier alpha value is -1.05. The second kappa shape index (κ2) is 9.76. The molecule has 2 rings (SSSR count). The number of nitrogens with one attached hydrogen (secondary N) is 3. The van der Waals surface area contributed by atoms with Crippen LogP contribution in [0.5, 0.6) is 0 Å². The van der Waals surface area contributed by atoms with Crippen LogP contribution in [0.3, 0.4) is 0 Å². The number of benzene rings is 2. The lowest BCUT2D eigenvalue weighted by atomic mass is 10.1. The third kappa shape index (κ3) is 7.29. The minimum Gasteiger partial charge on any atom is -0.339 e. The van der Waals surface area contributed by atoms with Crippen LogP contribution in [0.25, 0.3) is 0 Å². The maximum atomic E-state index is 12.3. The number of carbonyl (C=O) groups is 1. The molecular formula is C17H15BrCl3N3OS. The molecule has 2 aromatic carbocycles. The Morgan fingerprint density at radius 1 is 1.04 bits per heavy atom. The molecule has 0 aliphatic carbocycles. The fourth-order valence-corrected chi connectivity index (χ4v) is 2.85. The average Bonchev–Trinajstić information content (AvgIpc) is 2.56. The van der Waals surface area contributed by atoms with Gasteiger partial charge in [0.1, 0.15) is 6.17 Å². The zero-order valence-corrected chi connectivity index (χ0v) is 18.0. The summed E-state index contributed by atoms with van der Waals surface area (Å²) >= 11 is 26.5. The number of halogens is 4. The standard InChI is InChI=1S/C17H15BrCl3N3OS/c18-12-6-8-13(9-7-12)22-16(26)24-15(17(19,20)21)23-14(25)10-11-4-2-1-3-5-11/h1-9,15H,10H2,(H,23,25)(H2,22,24,26)/t15-/m0/s1. The minimum atomic E-state index is -1.79. The van der Waals surface area contributed by atoms with Gasteiger partial charge in [0, 0.05) is 10.2 Å². The van der Waals surface area contributed by atoms with E-state index in [4.69, 9.17) is 47.0 Å². The Labute approximate surface area is 180 Å². The highest BCUT2D eigenvalue weighted by Crippen LogP contribution is 2.29. The van der Waals surface area contributed by atoms with Gasteiger partial charge in [0.2, 0.25) is 9.70 Å². The SMILES string of the molecule is O=C(Cc1ccccc1)N[C@@H](NC(=S)Nc1ccc(Br)cc1)C(Cl)(Cl)Cl. The number of anilines is 1. The summed E-state index contributed by atoms with van der Waals surface area (Å²) < 4.78 is -0.855. The summed E-state index contributed by atoms with van der Waals surface area (Å²) in [5.74, 6) is -0.300.